The molecule has 9 heteroatoms. The van der Waals surface area contributed by atoms with Gasteiger partial charge in [-0.25, -0.2) is 0 Å². The van der Waals surface area contributed by atoms with Crippen molar-refractivity contribution in [2.75, 3.05) is 40.9 Å². The second kappa shape index (κ2) is 56.2. The lowest BCUT2D eigenvalue weighted by atomic mass is 10.0. The van der Waals surface area contributed by atoms with Crippen molar-refractivity contribution in [1.82, 2.24) is 5.32 Å². The summed E-state index contributed by atoms with van der Waals surface area (Å²) in [5, 5.41) is 13.9. The number of hydrogen-bond donors (Lipinski definition) is 2. The number of aliphatic hydroxyl groups is 1. The van der Waals surface area contributed by atoms with Crippen molar-refractivity contribution in [3.8, 4) is 0 Å². The molecule has 0 rings (SSSR count). The number of phosphoric acid groups is 1. The topological polar surface area (TPSA) is 108 Å². The summed E-state index contributed by atoms with van der Waals surface area (Å²) in [6.07, 6.45) is 75.1. The van der Waals surface area contributed by atoms with Crippen molar-refractivity contribution in [2.45, 2.75) is 321 Å². The highest BCUT2D eigenvalue weighted by atomic mass is 31.2. The molecule has 0 aromatic rings. The van der Waals surface area contributed by atoms with E-state index in [0.717, 1.165) is 44.9 Å². The van der Waals surface area contributed by atoms with E-state index in [1.54, 1.807) is 6.08 Å². The highest BCUT2D eigenvalue weighted by molar-refractivity contribution is 7.45. The zero-order chi connectivity index (χ0) is 54.2. The average molecular weight is 1060 g/mol. The van der Waals surface area contributed by atoms with E-state index in [-0.39, 0.29) is 19.1 Å². The minimum Gasteiger partial charge on any atom is -0.756 e. The Balaban J connectivity index is 4.01. The number of aliphatic hydroxyl groups excluding tert-OH is 1. The number of carbonyl (C=O) groups excluding carboxylic acids is 1. The molecule has 0 aliphatic carbocycles. The van der Waals surface area contributed by atoms with Gasteiger partial charge in [-0.3, -0.25) is 9.36 Å². The van der Waals surface area contributed by atoms with Crippen molar-refractivity contribution in [3.63, 3.8) is 0 Å². The smallest absolute Gasteiger partial charge is 0.268 e. The maximum atomic E-state index is 13.0. The van der Waals surface area contributed by atoms with Crippen LogP contribution in [0.25, 0.3) is 0 Å². The maximum Gasteiger partial charge on any atom is 0.268 e. The van der Waals surface area contributed by atoms with E-state index in [4.69, 9.17) is 9.05 Å². The Bertz CT molecular complexity index is 1340. The Morgan fingerprint density at radius 3 is 1.18 bits per heavy atom. The highest BCUT2D eigenvalue weighted by Crippen LogP contribution is 2.38. The summed E-state index contributed by atoms with van der Waals surface area (Å²) >= 11 is 0. The SMILES string of the molecule is CCCCCCC/C=C\C/C=C\CCCCCCCCCCCCCCCCCCCCCCCCCC(=O)NC(COP(=O)([O-])OCC[N+](C)(C)C)C(O)/C=C/CC/C=C/CCCCCCCCCCCCC. The first-order valence-corrected chi connectivity index (χ1v) is 33.5. The molecule has 0 saturated carbocycles. The summed E-state index contributed by atoms with van der Waals surface area (Å²) in [4.78, 5) is 25.5. The minimum absolute atomic E-state index is 0.00524. The first-order chi connectivity index (χ1) is 36.0. The molecular formula is C65H125N2O6P. The highest BCUT2D eigenvalue weighted by Gasteiger charge is 2.23. The van der Waals surface area contributed by atoms with Crippen molar-refractivity contribution < 1.29 is 32.9 Å². The third-order valence-corrected chi connectivity index (χ3v) is 15.5. The normalized spacial score (nSPS) is 14.1. The fourth-order valence-electron chi connectivity index (χ4n) is 9.50. The van der Waals surface area contributed by atoms with Gasteiger partial charge < -0.3 is 28.8 Å². The maximum absolute atomic E-state index is 13.0. The van der Waals surface area contributed by atoms with Gasteiger partial charge in [0.15, 0.2) is 0 Å². The van der Waals surface area contributed by atoms with Gasteiger partial charge in [0.25, 0.3) is 7.82 Å². The molecular weight excluding hydrogens is 936 g/mol. The number of phosphoric ester groups is 1. The number of nitrogens with zero attached hydrogens (tertiary/aromatic N) is 1. The zero-order valence-electron chi connectivity index (χ0n) is 49.8. The van der Waals surface area contributed by atoms with E-state index < -0.39 is 20.0 Å². The molecule has 3 unspecified atom stereocenters. The molecule has 0 aromatic heterocycles. The molecule has 8 nitrogen and oxygen atoms in total. The third-order valence-electron chi connectivity index (χ3n) is 14.5. The van der Waals surface area contributed by atoms with Gasteiger partial charge in [-0.15, -0.1) is 0 Å². The van der Waals surface area contributed by atoms with Gasteiger partial charge in [0.05, 0.1) is 39.9 Å². The Morgan fingerprint density at radius 1 is 0.473 bits per heavy atom. The predicted octanol–water partition coefficient (Wildman–Crippen LogP) is 19.2. The second-order valence-electron chi connectivity index (χ2n) is 23.1. The van der Waals surface area contributed by atoms with Crippen LogP contribution in [0.5, 0.6) is 0 Å². The van der Waals surface area contributed by atoms with E-state index in [1.165, 1.54) is 244 Å². The monoisotopic (exact) mass is 1060 g/mol. The number of amides is 1. The lowest BCUT2D eigenvalue weighted by Crippen LogP contribution is -2.45. The fourth-order valence-corrected chi connectivity index (χ4v) is 10.2. The Kier molecular flexibility index (Phi) is 55.0. The summed E-state index contributed by atoms with van der Waals surface area (Å²) in [5.41, 5.74) is 0. The average Bonchev–Trinajstić information content (AvgIpc) is 3.36. The molecule has 74 heavy (non-hydrogen) atoms. The molecule has 0 saturated heterocycles. The van der Waals surface area contributed by atoms with Crippen LogP contribution in [0.2, 0.25) is 0 Å². The summed E-state index contributed by atoms with van der Waals surface area (Å²) in [6, 6.07) is -0.902. The minimum atomic E-state index is -4.60. The van der Waals surface area contributed by atoms with Gasteiger partial charge >= 0.3 is 0 Å². The molecule has 0 fully saturated rings. The van der Waals surface area contributed by atoms with Crippen molar-refractivity contribution in [2.24, 2.45) is 0 Å². The third kappa shape index (κ3) is 58.1. The van der Waals surface area contributed by atoms with Gasteiger partial charge in [-0.2, -0.15) is 0 Å². The van der Waals surface area contributed by atoms with Crippen LogP contribution in [-0.2, 0) is 18.4 Å². The molecule has 3 atom stereocenters. The largest absolute Gasteiger partial charge is 0.756 e. The lowest BCUT2D eigenvalue weighted by Gasteiger charge is -2.29. The van der Waals surface area contributed by atoms with Crippen LogP contribution in [0.3, 0.4) is 0 Å². The number of likely N-dealkylation sites (N-methyl/N-ethyl adjacent to an activating group) is 1. The van der Waals surface area contributed by atoms with Crippen molar-refractivity contribution in [1.29, 1.82) is 0 Å². The number of hydrogen-bond acceptors (Lipinski definition) is 6. The fraction of sp³-hybridized carbons (Fsp3) is 0.862. The number of unbranched alkanes of at least 4 members (excludes halogenated alkanes) is 40. The van der Waals surface area contributed by atoms with E-state index in [2.05, 4.69) is 55.6 Å². The number of rotatable bonds is 59. The van der Waals surface area contributed by atoms with Gasteiger partial charge in [0.1, 0.15) is 13.2 Å². The molecule has 0 spiro atoms. The summed E-state index contributed by atoms with van der Waals surface area (Å²) in [7, 11) is 1.25. The molecule has 0 bridgehead atoms. The molecule has 0 aliphatic rings. The molecule has 1 amide bonds. The zero-order valence-corrected chi connectivity index (χ0v) is 50.7. The summed E-state index contributed by atoms with van der Waals surface area (Å²) in [5.74, 6) is -0.202. The molecule has 2 N–H and O–H groups in total. The number of quaternary nitrogens is 1. The van der Waals surface area contributed by atoms with E-state index in [9.17, 15) is 19.4 Å². The summed E-state index contributed by atoms with van der Waals surface area (Å²) in [6.45, 7) is 4.65. The van der Waals surface area contributed by atoms with Gasteiger partial charge in [0.2, 0.25) is 5.91 Å². The number of nitrogens with one attached hydrogen (secondary N) is 1. The van der Waals surface area contributed by atoms with Crippen LogP contribution in [0.15, 0.2) is 48.6 Å². The van der Waals surface area contributed by atoms with Crippen LogP contribution in [0.1, 0.15) is 309 Å². The second-order valence-corrected chi connectivity index (χ2v) is 24.5. The Labute approximate surface area is 460 Å². The van der Waals surface area contributed by atoms with Gasteiger partial charge in [-0.05, 0) is 64.2 Å². The Morgan fingerprint density at radius 2 is 0.797 bits per heavy atom. The Hall–Kier alpha value is -1.54. The quantitative estimate of drug-likeness (QED) is 0.0272. The van der Waals surface area contributed by atoms with Crippen molar-refractivity contribution >= 4 is 13.7 Å². The molecule has 0 aliphatic heterocycles. The molecule has 436 valence electrons. The van der Waals surface area contributed by atoms with Crippen LogP contribution < -0.4 is 10.2 Å². The molecule has 0 aromatic carbocycles. The lowest BCUT2D eigenvalue weighted by molar-refractivity contribution is -0.870. The molecule has 0 heterocycles. The van der Waals surface area contributed by atoms with Crippen LogP contribution in [0, 0.1) is 0 Å². The standard InChI is InChI=1S/C65H125N2O6P/c1-6-8-10-12-14-16-18-20-22-24-25-26-27-28-29-30-31-32-33-34-35-36-37-38-39-40-41-43-45-47-49-51-53-55-57-59-65(69)66-63(62-73-74(70,71)72-61-60-67(3,4)5)64(68)58-56-54-52-50-48-46-44-42-23-21-19-17-15-13-11-9-7-2/h18,20,24-25,48,50,56,58,63-64,68H,6-17,19,21-23,26-47,49,51-55,57,59-62H2,1-5H3,(H-,66,69,70,71)/b20-18-,25-24-,50-48+,58-56+. The van der Waals surface area contributed by atoms with Gasteiger partial charge in [-0.1, -0.05) is 287 Å². The van der Waals surface area contributed by atoms with Crippen LogP contribution in [-0.4, -0.2) is 68.5 Å². The van der Waals surface area contributed by atoms with E-state index in [0.29, 0.717) is 17.4 Å². The first kappa shape index (κ1) is 72.5. The van der Waals surface area contributed by atoms with E-state index >= 15 is 0 Å². The van der Waals surface area contributed by atoms with Gasteiger partial charge in [0, 0.05) is 6.42 Å². The molecule has 0 radical (unpaired) electrons. The number of carbonyl (C=O) groups is 1. The van der Waals surface area contributed by atoms with Crippen molar-refractivity contribution in [3.05, 3.63) is 48.6 Å². The first-order valence-electron chi connectivity index (χ1n) is 32.0. The number of allylic oxidation sites excluding steroid dienone is 7. The van der Waals surface area contributed by atoms with E-state index in [1.807, 2.05) is 27.2 Å². The summed E-state index contributed by atoms with van der Waals surface area (Å²) < 4.78 is 23.4. The predicted molar refractivity (Wildman–Crippen MR) is 321 cm³/mol. The van der Waals surface area contributed by atoms with Crippen LogP contribution >= 0.6 is 7.82 Å². The van der Waals surface area contributed by atoms with Crippen LogP contribution in [0.4, 0.5) is 0 Å².